The Labute approximate surface area is 48.2 Å². The summed E-state index contributed by atoms with van der Waals surface area (Å²) in [5, 5.41) is 0. The molecular formula is C6H8O2. The molecule has 0 amide bonds. The molecule has 0 saturated heterocycles. The number of carbonyl (C=O) groups is 2. The van der Waals surface area contributed by atoms with Gasteiger partial charge in [-0.15, -0.1) is 0 Å². The minimum Gasteiger partial charge on any atom is -0.299 e. The molecule has 0 atom stereocenters. The molecule has 0 aromatic heterocycles. The molecule has 2 heteroatoms. The zero-order valence-corrected chi connectivity index (χ0v) is 4.76. The molecule has 0 rings (SSSR count). The monoisotopic (exact) mass is 112 g/mol. The third-order valence-corrected chi connectivity index (χ3v) is 0.842. The molecule has 0 N–H and O–H groups in total. The minimum atomic E-state index is 0.542. The van der Waals surface area contributed by atoms with E-state index in [2.05, 4.69) is 0 Å². The fourth-order valence-corrected chi connectivity index (χ4v) is 0.328. The maximum atomic E-state index is 9.90. The fraction of sp³-hybridized carbons (Fsp3) is 0.333. The van der Waals surface area contributed by atoms with E-state index in [1.54, 1.807) is 0 Å². The molecular weight excluding hydrogens is 104 g/mol. The predicted octanol–water partition coefficient (Wildman–Crippen LogP) is 0.721. The smallest absolute Gasteiger partial charge is 0.146 e. The fourth-order valence-electron chi connectivity index (χ4n) is 0.328. The van der Waals surface area contributed by atoms with E-state index < -0.39 is 0 Å². The van der Waals surface area contributed by atoms with Crippen molar-refractivity contribution in [3.8, 4) is 0 Å². The van der Waals surface area contributed by atoms with Crippen molar-refractivity contribution in [3.05, 3.63) is 11.6 Å². The number of hydrogen-bond donors (Lipinski definition) is 0. The van der Waals surface area contributed by atoms with E-state index in [1.165, 1.54) is 6.08 Å². The molecule has 0 aromatic carbocycles. The highest BCUT2D eigenvalue weighted by Crippen LogP contribution is 1.91. The number of hydrogen-bond acceptors (Lipinski definition) is 2. The predicted molar refractivity (Wildman–Crippen MR) is 30.5 cm³/mol. The van der Waals surface area contributed by atoms with Gasteiger partial charge in [0, 0.05) is 0 Å². The molecule has 0 aliphatic heterocycles. The molecule has 0 fully saturated rings. The lowest BCUT2D eigenvalue weighted by Gasteiger charge is -1.83. The van der Waals surface area contributed by atoms with Crippen LogP contribution >= 0.6 is 0 Å². The number of carbonyl (C=O) groups excluding carboxylic acids is 2. The molecule has 0 unspecified atom stereocenters. The average molecular weight is 112 g/mol. The van der Waals surface area contributed by atoms with Gasteiger partial charge < -0.3 is 0 Å². The van der Waals surface area contributed by atoms with E-state index in [0.717, 1.165) is 0 Å². The molecule has 0 saturated carbocycles. The van der Waals surface area contributed by atoms with Crippen molar-refractivity contribution < 1.29 is 9.59 Å². The van der Waals surface area contributed by atoms with Gasteiger partial charge in [-0.25, -0.2) is 0 Å². The van der Waals surface area contributed by atoms with Gasteiger partial charge in [0.25, 0.3) is 0 Å². The Morgan fingerprint density at radius 3 is 2.25 bits per heavy atom. The van der Waals surface area contributed by atoms with Crippen LogP contribution in [-0.4, -0.2) is 12.6 Å². The summed E-state index contributed by atoms with van der Waals surface area (Å²) in [7, 11) is 0. The van der Waals surface area contributed by atoms with Crippen LogP contribution in [-0.2, 0) is 9.59 Å². The Balaban J connectivity index is 3.84. The van der Waals surface area contributed by atoms with Gasteiger partial charge in [-0.05, 0) is 18.1 Å². The number of rotatable bonds is 3. The van der Waals surface area contributed by atoms with E-state index in [9.17, 15) is 9.59 Å². The van der Waals surface area contributed by atoms with Crippen LogP contribution in [0.2, 0.25) is 0 Å². The van der Waals surface area contributed by atoms with Crippen LogP contribution < -0.4 is 0 Å². The Morgan fingerprint density at radius 1 is 1.50 bits per heavy atom. The Kier molecular flexibility index (Phi) is 3.76. The van der Waals surface area contributed by atoms with E-state index >= 15 is 0 Å². The second-order valence-electron chi connectivity index (χ2n) is 1.35. The van der Waals surface area contributed by atoms with Crippen molar-refractivity contribution in [2.75, 3.05) is 0 Å². The summed E-state index contributed by atoms with van der Waals surface area (Å²) in [4.78, 5) is 19.6. The first-order chi connectivity index (χ1) is 3.85. The molecule has 0 aromatic rings. The first-order valence-electron chi connectivity index (χ1n) is 2.44. The highest BCUT2D eigenvalue weighted by Gasteiger charge is 1.85. The van der Waals surface area contributed by atoms with Crippen LogP contribution in [0.4, 0.5) is 0 Å². The minimum absolute atomic E-state index is 0.542. The van der Waals surface area contributed by atoms with Crippen molar-refractivity contribution >= 4 is 12.6 Å². The van der Waals surface area contributed by atoms with E-state index in [-0.39, 0.29) is 0 Å². The summed E-state index contributed by atoms with van der Waals surface area (Å²) in [6.45, 7) is 1.82. The van der Waals surface area contributed by atoms with Gasteiger partial charge in [-0.2, -0.15) is 0 Å². The summed E-state index contributed by atoms with van der Waals surface area (Å²) in [6.07, 6.45) is 3.21. The highest BCUT2D eigenvalue weighted by atomic mass is 16.1. The summed E-state index contributed by atoms with van der Waals surface area (Å²) in [6, 6.07) is 0. The summed E-state index contributed by atoms with van der Waals surface area (Å²) in [5.41, 5.74) is 0.542. The lowest BCUT2D eigenvalue weighted by atomic mass is 10.2. The molecule has 0 aliphatic rings. The third-order valence-electron chi connectivity index (χ3n) is 0.842. The van der Waals surface area contributed by atoms with Crippen LogP contribution in [0.25, 0.3) is 0 Å². The van der Waals surface area contributed by atoms with Crippen LogP contribution in [0, 0.1) is 0 Å². The topological polar surface area (TPSA) is 34.1 Å². The van der Waals surface area contributed by atoms with Crippen molar-refractivity contribution in [2.24, 2.45) is 0 Å². The molecule has 0 spiro atoms. The summed E-state index contributed by atoms with van der Waals surface area (Å²) >= 11 is 0. The van der Waals surface area contributed by atoms with Gasteiger partial charge in [0.1, 0.15) is 12.6 Å². The third kappa shape index (κ3) is 2.29. The second-order valence-corrected chi connectivity index (χ2v) is 1.35. The first-order valence-corrected chi connectivity index (χ1v) is 2.44. The lowest BCUT2D eigenvalue weighted by Crippen LogP contribution is -1.80. The second kappa shape index (κ2) is 4.24. The molecule has 0 heterocycles. The van der Waals surface area contributed by atoms with Crippen molar-refractivity contribution in [2.45, 2.75) is 13.3 Å². The number of aldehydes is 2. The van der Waals surface area contributed by atoms with Gasteiger partial charge in [-0.3, -0.25) is 9.59 Å². The molecule has 0 bridgehead atoms. The van der Waals surface area contributed by atoms with E-state index in [0.29, 0.717) is 24.6 Å². The average Bonchev–Trinajstić information content (AvgIpc) is 1.83. The highest BCUT2D eigenvalue weighted by molar-refractivity contribution is 5.81. The summed E-state index contributed by atoms with van der Waals surface area (Å²) in [5.74, 6) is 0. The Bertz CT molecular complexity index is 114. The maximum Gasteiger partial charge on any atom is 0.146 e. The molecule has 2 nitrogen and oxygen atoms in total. The molecule has 44 valence electrons. The van der Waals surface area contributed by atoms with Gasteiger partial charge in [0.15, 0.2) is 0 Å². The molecule has 0 aliphatic carbocycles. The van der Waals surface area contributed by atoms with Crippen LogP contribution in [0.15, 0.2) is 11.6 Å². The van der Waals surface area contributed by atoms with E-state index in [4.69, 9.17) is 0 Å². The van der Waals surface area contributed by atoms with Crippen molar-refractivity contribution in [1.82, 2.24) is 0 Å². The zero-order valence-electron chi connectivity index (χ0n) is 4.76. The van der Waals surface area contributed by atoms with Crippen LogP contribution in [0.1, 0.15) is 13.3 Å². The van der Waals surface area contributed by atoms with Crippen molar-refractivity contribution in [3.63, 3.8) is 0 Å². The van der Waals surface area contributed by atoms with Gasteiger partial charge in [0.2, 0.25) is 0 Å². The van der Waals surface area contributed by atoms with Crippen LogP contribution in [0.5, 0.6) is 0 Å². The number of allylic oxidation sites excluding steroid dienone is 2. The summed E-state index contributed by atoms with van der Waals surface area (Å²) < 4.78 is 0. The quantitative estimate of drug-likeness (QED) is 0.398. The zero-order chi connectivity index (χ0) is 6.41. The Hall–Kier alpha value is -0.920. The molecule has 0 radical (unpaired) electrons. The Morgan fingerprint density at radius 2 is 2.12 bits per heavy atom. The largest absolute Gasteiger partial charge is 0.299 e. The van der Waals surface area contributed by atoms with Gasteiger partial charge in [0.05, 0.1) is 0 Å². The van der Waals surface area contributed by atoms with Crippen molar-refractivity contribution in [1.29, 1.82) is 0 Å². The maximum absolute atomic E-state index is 9.90. The normalized spacial score (nSPS) is 10.9. The van der Waals surface area contributed by atoms with Gasteiger partial charge >= 0.3 is 0 Å². The SMILES string of the molecule is CCC(C=O)=CC=O. The standard InChI is InChI=1S/C6H8O2/c1-2-6(5-8)3-4-7/h3-5H,2H2,1H3. The lowest BCUT2D eigenvalue weighted by molar-refractivity contribution is -0.106. The van der Waals surface area contributed by atoms with Crippen LogP contribution in [0.3, 0.4) is 0 Å². The first kappa shape index (κ1) is 7.08. The molecule has 8 heavy (non-hydrogen) atoms. The van der Waals surface area contributed by atoms with E-state index in [1.807, 2.05) is 6.92 Å². The van der Waals surface area contributed by atoms with Gasteiger partial charge in [-0.1, -0.05) is 6.92 Å².